The highest BCUT2D eigenvalue weighted by Crippen LogP contribution is 2.06. The van der Waals surface area contributed by atoms with Crippen LogP contribution in [-0.2, 0) is 4.79 Å². The lowest BCUT2D eigenvalue weighted by Crippen LogP contribution is -2.49. The molecule has 0 fully saturated rings. The normalized spacial score (nSPS) is 14.2. The molecule has 0 aromatic rings. The van der Waals surface area contributed by atoms with Gasteiger partial charge in [0.25, 0.3) is 0 Å². The van der Waals surface area contributed by atoms with Gasteiger partial charge < -0.3 is 15.3 Å². The maximum Gasteiger partial charge on any atom is 0.326 e. The van der Waals surface area contributed by atoms with E-state index in [0.29, 0.717) is 12.3 Å². The van der Waals surface area contributed by atoms with Crippen molar-refractivity contribution in [1.82, 2.24) is 10.2 Å². The Balaban J connectivity index is 4.34. The molecule has 2 atom stereocenters. The van der Waals surface area contributed by atoms with Gasteiger partial charge in [0.05, 0.1) is 0 Å². The number of carbonyl (C=O) groups excluding carboxylic acids is 1. The molecular formula is C12H24N2O3. The van der Waals surface area contributed by atoms with E-state index >= 15 is 0 Å². The predicted molar refractivity (Wildman–Crippen MR) is 66.9 cm³/mol. The summed E-state index contributed by atoms with van der Waals surface area (Å²) in [7, 11) is 1.51. The quantitative estimate of drug-likeness (QED) is 0.750. The molecule has 0 aromatic carbocycles. The molecule has 2 N–H and O–H groups in total. The summed E-state index contributed by atoms with van der Waals surface area (Å²) in [4.78, 5) is 24.0. The molecule has 0 radical (unpaired) electrons. The summed E-state index contributed by atoms with van der Waals surface area (Å²) in [5.74, 6) is -0.473. The van der Waals surface area contributed by atoms with Gasteiger partial charge in [0.15, 0.2) is 0 Å². The van der Waals surface area contributed by atoms with Crippen molar-refractivity contribution >= 4 is 12.0 Å². The number of rotatable bonds is 6. The summed E-state index contributed by atoms with van der Waals surface area (Å²) in [5.41, 5.74) is 0. The van der Waals surface area contributed by atoms with Gasteiger partial charge in [0.1, 0.15) is 6.04 Å². The molecule has 0 aliphatic carbocycles. The van der Waals surface area contributed by atoms with E-state index in [0.717, 1.165) is 6.42 Å². The number of hydrogen-bond donors (Lipinski definition) is 2. The Morgan fingerprint density at radius 3 is 2.18 bits per heavy atom. The Labute approximate surface area is 103 Å². The molecule has 0 saturated carbocycles. The van der Waals surface area contributed by atoms with E-state index in [1.165, 1.54) is 11.9 Å². The molecule has 0 aliphatic heterocycles. The fraction of sp³-hybridized carbons (Fsp3) is 0.833. The lowest BCUT2D eigenvalue weighted by atomic mass is 10.1. The minimum Gasteiger partial charge on any atom is -0.480 e. The molecule has 0 heterocycles. The lowest BCUT2D eigenvalue weighted by molar-refractivity contribution is -0.141. The first kappa shape index (κ1) is 15.7. The van der Waals surface area contributed by atoms with E-state index in [-0.39, 0.29) is 12.1 Å². The van der Waals surface area contributed by atoms with Crippen molar-refractivity contribution in [3.05, 3.63) is 0 Å². The van der Waals surface area contributed by atoms with Crippen LogP contribution in [0.15, 0.2) is 0 Å². The average molecular weight is 244 g/mol. The van der Waals surface area contributed by atoms with Gasteiger partial charge in [-0.05, 0) is 25.7 Å². The van der Waals surface area contributed by atoms with E-state index in [2.05, 4.69) is 19.2 Å². The van der Waals surface area contributed by atoms with Crippen LogP contribution in [0.25, 0.3) is 0 Å². The Bertz CT molecular complexity index is 266. The molecule has 2 unspecified atom stereocenters. The van der Waals surface area contributed by atoms with Gasteiger partial charge in [-0.1, -0.05) is 20.8 Å². The summed E-state index contributed by atoms with van der Waals surface area (Å²) in [6.07, 6.45) is 1.28. The Kier molecular flexibility index (Phi) is 6.61. The summed E-state index contributed by atoms with van der Waals surface area (Å²) >= 11 is 0. The molecule has 17 heavy (non-hydrogen) atoms. The third kappa shape index (κ3) is 5.56. The standard InChI is InChI=1S/C12H24N2O3/c1-6-10(11(15)16)14(5)12(17)13-9(4)7-8(2)3/h8-10H,6-7H2,1-5H3,(H,13,17)(H,15,16). The molecule has 0 aliphatic rings. The summed E-state index contributed by atoms with van der Waals surface area (Å²) in [5, 5.41) is 11.8. The van der Waals surface area contributed by atoms with Crippen molar-refractivity contribution in [3.8, 4) is 0 Å². The second kappa shape index (κ2) is 7.14. The van der Waals surface area contributed by atoms with Gasteiger partial charge in [-0.2, -0.15) is 0 Å². The second-order valence-corrected chi connectivity index (χ2v) is 4.85. The van der Waals surface area contributed by atoms with Crippen LogP contribution in [0.4, 0.5) is 4.79 Å². The number of carboxylic acid groups (broad SMARTS) is 1. The highest BCUT2D eigenvalue weighted by atomic mass is 16.4. The van der Waals surface area contributed by atoms with Gasteiger partial charge >= 0.3 is 12.0 Å². The SMILES string of the molecule is CCC(C(=O)O)N(C)C(=O)NC(C)CC(C)C. The molecule has 0 aromatic heterocycles. The first-order chi connectivity index (χ1) is 7.79. The minimum atomic E-state index is -0.971. The van der Waals surface area contributed by atoms with Gasteiger partial charge in [-0.25, -0.2) is 9.59 Å². The van der Waals surface area contributed by atoms with E-state index in [4.69, 9.17) is 5.11 Å². The van der Waals surface area contributed by atoms with E-state index < -0.39 is 12.0 Å². The van der Waals surface area contributed by atoms with Crippen LogP contribution in [0.3, 0.4) is 0 Å². The molecule has 100 valence electrons. The number of nitrogens with zero attached hydrogens (tertiary/aromatic N) is 1. The average Bonchev–Trinajstić information content (AvgIpc) is 2.16. The molecular weight excluding hydrogens is 220 g/mol. The monoisotopic (exact) mass is 244 g/mol. The van der Waals surface area contributed by atoms with Gasteiger partial charge in [-0.15, -0.1) is 0 Å². The van der Waals surface area contributed by atoms with Crippen molar-refractivity contribution in [3.63, 3.8) is 0 Å². The fourth-order valence-corrected chi connectivity index (χ4v) is 1.83. The molecule has 0 spiro atoms. The summed E-state index contributed by atoms with van der Waals surface area (Å²) < 4.78 is 0. The molecule has 2 amide bonds. The van der Waals surface area contributed by atoms with Crippen LogP contribution in [0, 0.1) is 5.92 Å². The molecule has 0 saturated heterocycles. The molecule has 5 nitrogen and oxygen atoms in total. The smallest absolute Gasteiger partial charge is 0.326 e. The highest BCUT2D eigenvalue weighted by Gasteiger charge is 2.25. The van der Waals surface area contributed by atoms with Gasteiger partial charge in [0.2, 0.25) is 0 Å². The van der Waals surface area contributed by atoms with Crippen molar-refractivity contribution in [2.45, 2.75) is 52.6 Å². The third-order valence-corrected chi connectivity index (χ3v) is 2.65. The first-order valence-corrected chi connectivity index (χ1v) is 6.05. The van der Waals surface area contributed by atoms with E-state index in [1.807, 2.05) is 6.92 Å². The van der Waals surface area contributed by atoms with Crippen LogP contribution in [0.1, 0.15) is 40.5 Å². The Hall–Kier alpha value is -1.26. The number of urea groups is 1. The largest absolute Gasteiger partial charge is 0.480 e. The first-order valence-electron chi connectivity index (χ1n) is 6.05. The van der Waals surface area contributed by atoms with Crippen LogP contribution in [0.2, 0.25) is 0 Å². The van der Waals surface area contributed by atoms with Crippen molar-refractivity contribution in [2.24, 2.45) is 5.92 Å². The Morgan fingerprint density at radius 1 is 1.29 bits per heavy atom. The van der Waals surface area contributed by atoms with Gasteiger partial charge in [0, 0.05) is 13.1 Å². The third-order valence-electron chi connectivity index (χ3n) is 2.65. The second-order valence-electron chi connectivity index (χ2n) is 4.85. The zero-order valence-electron chi connectivity index (χ0n) is 11.4. The Morgan fingerprint density at radius 2 is 1.82 bits per heavy atom. The van der Waals surface area contributed by atoms with E-state index in [1.54, 1.807) is 6.92 Å². The van der Waals surface area contributed by atoms with Gasteiger partial charge in [-0.3, -0.25) is 0 Å². The summed E-state index contributed by atoms with van der Waals surface area (Å²) in [6.45, 7) is 7.84. The predicted octanol–water partition coefficient (Wildman–Crippen LogP) is 1.93. The van der Waals surface area contributed by atoms with Crippen LogP contribution in [-0.4, -0.2) is 41.1 Å². The number of carbonyl (C=O) groups is 2. The fourth-order valence-electron chi connectivity index (χ4n) is 1.83. The van der Waals surface area contributed by atoms with Crippen molar-refractivity contribution in [1.29, 1.82) is 0 Å². The van der Waals surface area contributed by atoms with Crippen LogP contribution in [0.5, 0.6) is 0 Å². The highest BCUT2D eigenvalue weighted by molar-refractivity contribution is 5.82. The van der Waals surface area contributed by atoms with Crippen LogP contribution >= 0.6 is 0 Å². The summed E-state index contributed by atoms with van der Waals surface area (Å²) in [6, 6.07) is -1.04. The number of carboxylic acids is 1. The van der Waals surface area contributed by atoms with Crippen LogP contribution < -0.4 is 5.32 Å². The zero-order valence-corrected chi connectivity index (χ0v) is 11.4. The van der Waals surface area contributed by atoms with E-state index in [9.17, 15) is 9.59 Å². The van der Waals surface area contributed by atoms with Crippen molar-refractivity contribution < 1.29 is 14.7 Å². The molecule has 5 heteroatoms. The number of likely N-dealkylation sites (N-methyl/N-ethyl adjacent to an activating group) is 1. The lowest BCUT2D eigenvalue weighted by Gasteiger charge is -2.26. The minimum absolute atomic E-state index is 0.0521. The topological polar surface area (TPSA) is 69.6 Å². The molecule has 0 rings (SSSR count). The number of aliphatic carboxylic acids is 1. The number of amides is 2. The maximum atomic E-state index is 11.8. The maximum absolute atomic E-state index is 11.8. The number of nitrogens with one attached hydrogen (secondary N) is 1. The van der Waals surface area contributed by atoms with Crippen molar-refractivity contribution in [2.75, 3.05) is 7.05 Å². The number of hydrogen-bond acceptors (Lipinski definition) is 2. The zero-order chi connectivity index (χ0) is 13.6. The molecule has 0 bridgehead atoms.